The van der Waals surface area contributed by atoms with Gasteiger partial charge in [-0.25, -0.2) is 15.3 Å². The van der Waals surface area contributed by atoms with Crippen LogP contribution in [0.1, 0.15) is 16.6 Å². The molecule has 0 atom stereocenters. The molecule has 6 heteroatoms. The number of anilines is 1. The van der Waals surface area contributed by atoms with Crippen LogP contribution in [0.3, 0.4) is 0 Å². The molecule has 0 aromatic carbocycles. The fraction of sp³-hybridized carbons (Fsp3) is 0.333. The largest absolute Gasteiger partial charge is 0.462 e. The van der Waals surface area contributed by atoms with Gasteiger partial charge in [-0.15, -0.1) is 6.42 Å². The molecular weight excluding hydrogens is 216 g/mol. The van der Waals surface area contributed by atoms with Crippen molar-refractivity contribution in [2.24, 2.45) is 0 Å². The summed E-state index contributed by atoms with van der Waals surface area (Å²) >= 11 is 1.14. The number of carbonyl (C=O) groups excluding carboxylic acids is 1. The molecule has 0 radical (unpaired) electrons. The van der Waals surface area contributed by atoms with E-state index in [1.165, 1.54) is 6.20 Å². The lowest BCUT2D eigenvalue weighted by Gasteiger charge is -1.98. The van der Waals surface area contributed by atoms with E-state index >= 15 is 0 Å². The van der Waals surface area contributed by atoms with E-state index in [2.05, 4.69) is 16.4 Å². The van der Waals surface area contributed by atoms with E-state index in [0.29, 0.717) is 16.6 Å². The zero-order valence-electron chi connectivity index (χ0n) is 8.15. The average molecular weight is 226 g/mol. The molecule has 0 aliphatic heterocycles. The Labute approximate surface area is 91.4 Å². The zero-order valence-corrected chi connectivity index (χ0v) is 8.97. The first-order chi connectivity index (χ1) is 7.27. The minimum Gasteiger partial charge on any atom is -0.462 e. The molecule has 0 bridgehead atoms. The maximum atomic E-state index is 11.2. The monoisotopic (exact) mass is 226 g/mol. The molecular formula is C9H10N2O3S. The fourth-order valence-electron chi connectivity index (χ4n) is 0.757. The summed E-state index contributed by atoms with van der Waals surface area (Å²) in [5.74, 6) is 1.90. The molecule has 5 nitrogen and oxygen atoms in total. The Hall–Kier alpha value is -1.58. The molecule has 1 aromatic heterocycles. The van der Waals surface area contributed by atoms with Crippen LogP contribution in [0.5, 0.6) is 0 Å². The summed E-state index contributed by atoms with van der Waals surface area (Å²) in [5, 5.41) is 0.466. The van der Waals surface area contributed by atoms with Crippen LogP contribution in [0.25, 0.3) is 0 Å². The molecule has 15 heavy (non-hydrogen) atoms. The van der Waals surface area contributed by atoms with Gasteiger partial charge >= 0.3 is 5.97 Å². The number of nitrogens with zero attached hydrogens (tertiary/aromatic N) is 1. The number of rotatable bonds is 5. The van der Waals surface area contributed by atoms with Gasteiger partial charge in [0.05, 0.1) is 12.8 Å². The maximum Gasteiger partial charge on any atom is 0.350 e. The van der Waals surface area contributed by atoms with Crippen molar-refractivity contribution in [2.45, 2.75) is 6.92 Å². The van der Waals surface area contributed by atoms with Crippen LogP contribution in [-0.4, -0.2) is 24.2 Å². The standard InChI is InChI=1S/C9H10N2O3S/c1-3-5-14-11-9-10-6-7(15-9)8(12)13-4-2/h1,6H,4-5H2,2H3,(H,10,11). The van der Waals surface area contributed by atoms with Crippen LogP contribution < -0.4 is 5.48 Å². The van der Waals surface area contributed by atoms with Crippen molar-refractivity contribution in [2.75, 3.05) is 18.7 Å². The normalized spacial score (nSPS) is 9.33. The SMILES string of the molecule is C#CCONc1ncc(C(=O)OCC)s1. The van der Waals surface area contributed by atoms with E-state index in [9.17, 15) is 4.79 Å². The smallest absolute Gasteiger partial charge is 0.350 e. The van der Waals surface area contributed by atoms with Crippen LogP contribution in [0.4, 0.5) is 5.13 Å². The van der Waals surface area contributed by atoms with Crippen LogP contribution in [0, 0.1) is 12.3 Å². The van der Waals surface area contributed by atoms with Crippen molar-refractivity contribution in [3.05, 3.63) is 11.1 Å². The van der Waals surface area contributed by atoms with E-state index in [1.54, 1.807) is 6.92 Å². The second-order valence-electron chi connectivity index (χ2n) is 2.34. The van der Waals surface area contributed by atoms with Crippen molar-refractivity contribution >= 4 is 22.4 Å². The Balaban J connectivity index is 2.49. The van der Waals surface area contributed by atoms with Crippen molar-refractivity contribution < 1.29 is 14.4 Å². The predicted octanol–water partition coefficient (Wildman–Crippen LogP) is 1.30. The summed E-state index contributed by atoms with van der Waals surface area (Å²) in [4.78, 5) is 20.4. The molecule has 0 saturated heterocycles. The van der Waals surface area contributed by atoms with Gasteiger partial charge < -0.3 is 4.74 Å². The van der Waals surface area contributed by atoms with Crippen LogP contribution in [-0.2, 0) is 9.57 Å². The number of aromatic nitrogens is 1. The van der Waals surface area contributed by atoms with E-state index in [4.69, 9.17) is 16.0 Å². The van der Waals surface area contributed by atoms with Crippen LogP contribution in [0.15, 0.2) is 6.20 Å². The summed E-state index contributed by atoms with van der Waals surface area (Å²) in [6, 6.07) is 0. The highest BCUT2D eigenvalue weighted by molar-refractivity contribution is 7.17. The minimum absolute atomic E-state index is 0.133. The molecule has 1 N–H and O–H groups in total. The third kappa shape index (κ3) is 3.58. The van der Waals surface area contributed by atoms with Crippen molar-refractivity contribution in [3.8, 4) is 12.3 Å². The first-order valence-electron chi connectivity index (χ1n) is 4.22. The molecule has 0 unspecified atom stereocenters. The van der Waals surface area contributed by atoms with Crippen molar-refractivity contribution in [3.63, 3.8) is 0 Å². The Morgan fingerprint density at radius 1 is 1.80 bits per heavy atom. The molecule has 0 spiro atoms. The molecule has 1 aromatic rings. The Morgan fingerprint density at radius 2 is 2.60 bits per heavy atom. The molecule has 80 valence electrons. The maximum absolute atomic E-state index is 11.2. The lowest BCUT2D eigenvalue weighted by atomic mass is 10.6. The van der Waals surface area contributed by atoms with Crippen molar-refractivity contribution in [1.29, 1.82) is 0 Å². The second-order valence-corrected chi connectivity index (χ2v) is 3.38. The van der Waals surface area contributed by atoms with Gasteiger partial charge in [-0.05, 0) is 6.92 Å². The van der Waals surface area contributed by atoms with Gasteiger partial charge in [0.15, 0.2) is 0 Å². The summed E-state index contributed by atoms with van der Waals surface area (Å²) in [5.41, 5.74) is 2.52. The van der Waals surface area contributed by atoms with E-state index in [0.717, 1.165) is 11.3 Å². The highest BCUT2D eigenvalue weighted by atomic mass is 32.1. The van der Waals surface area contributed by atoms with Gasteiger partial charge in [0.25, 0.3) is 0 Å². The lowest BCUT2D eigenvalue weighted by molar-refractivity contribution is 0.0532. The minimum atomic E-state index is -0.389. The molecule has 0 amide bonds. The average Bonchev–Trinajstić information content (AvgIpc) is 2.67. The summed E-state index contributed by atoms with van der Waals surface area (Å²) in [7, 11) is 0. The highest BCUT2D eigenvalue weighted by Gasteiger charge is 2.10. The van der Waals surface area contributed by atoms with Gasteiger partial charge in [0, 0.05) is 0 Å². The molecule has 1 rings (SSSR count). The predicted molar refractivity (Wildman–Crippen MR) is 56.5 cm³/mol. The van der Waals surface area contributed by atoms with Gasteiger partial charge in [-0.1, -0.05) is 17.3 Å². The van der Waals surface area contributed by atoms with E-state index in [-0.39, 0.29) is 12.6 Å². The molecule has 1 heterocycles. The van der Waals surface area contributed by atoms with Gasteiger partial charge in [0.1, 0.15) is 11.5 Å². The Kier molecular flexibility index (Phi) is 4.60. The van der Waals surface area contributed by atoms with Gasteiger partial charge in [-0.3, -0.25) is 4.84 Å². The fourth-order valence-corrected chi connectivity index (χ4v) is 1.42. The molecule has 0 aliphatic carbocycles. The van der Waals surface area contributed by atoms with E-state index < -0.39 is 0 Å². The van der Waals surface area contributed by atoms with Crippen LogP contribution in [0.2, 0.25) is 0 Å². The highest BCUT2D eigenvalue weighted by Crippen LogP contribution is 2.18. The third-order valence-corrected chi connectivity index (χ3v) is 2.17. The van der Waals surface area contributed by atoms with Crippen molar-refractivity contribution in [1.82, 2.24) is 4.98 Å². The number of carbonyl (C=O) groups is 1. The van der Waals surface area contributed by atoms with Crippen LogP contribution >= 0.6 is 11.3 Å². The number of esters is 1. The molecule has 0 aliphatic rings. The number of hydrogen-bond donors (Lipinski definition) is 1. The molecule has 0 fully saturated rings. The first kappa shape index (κ1) is 11.5. The number of ether oxygens (including phenoxy) is 1. The molecule has 0 saturated carbocycles. The summed E-state index contributed by atoms with van der Waals surface area (Å²) < 4.78 is 4.80. The topological polar surface area (TPSA) is 60.5 Å². The Bertz CT molecular complexity index is 370. The Morgan fingerprint density at radius 3 is 3.27 bits per heavy atom. The van der Waals surface area contributed by atoms with Gasteiger partial charge in [-0.2, -0.15) is 0 Å². The zero-order chi connectivity index (χ0) is 11.1. The second kappa shape index (κ2) is 6.01. The summed E-state index contributed by atoms with van der Waals surface area (Å²) in [6.45, 7) is 2.22. The lowest BCUT2D eigenvalue weighted by Crippen LogP contribution is -2.01. The number of thiazole rings is 1. The third-order valence-electron chi connectivity index (χ3n) is 1.30. The first-order valence-corrected chi connectivity index (χ1v) is 5.03. The van der Waals surface area contributed by atoms with Gasteiger partial charge in [0.2, 0.25) is 5.13 Å². The number of terminal acetylenes is 1. The number of hydrogen-bond acceptors (Lipinski definition) is 6. The quantitative estimate of drug-likeness (QED) is 0.355. The van der Waals surface area contributed by atoms with E-state index in [1.807, 2.05) is 0 Å². The number of nitrogens with one attached hydrogen (secondary N) is 1. The summed E-state index contributed by atoms with van der Waals surface area (Å²) in [6.07, 6.45) is 6.40.